The first kappa shape index (κ1) is 30.7. The van der Waals surface area contributed by atoms with Gasteiger partial charge in [-0.05, 0) is 25.7 Å². The quantitative estimate of drug-likeness (QED) is 0.184. The smallest absolute Gasteiger partial charge is 0.326 e. The highest BCUT2D eigenvalue weighted by atomic mass is 16.4. The molecule has 0 aromatic heterocycles. The van der Waals surface area contributed by atoms with E-state index in [4.69, 9.17) is 5.73 Å². The molecule has 4 aliphatic rings. The summed E-state index contributed by atoms with van der Waals surface area (Å²) in [4.78, 5) is 81.8. The number of likely N-dealkylation sites (tertiary alicyclic amines) is 4. The van der Waals surface area contributed by atoms with Gasteiger partial charge in [0.25, 0.3) is 0 Å². The molecule has 0 radical (unpaired) electrons. The van der Waals surface area contributed by atoms with Crippen molar-refractivity contribution in [1.29, 1.82) is 0 Å². The van der Waals surface area contributed by atoms with E-state index in [0.29, 0.717) is 38.8 Å². The molecule has 15 heteroatoms. The van der Waals surface area contributed by atoms with Gasteiger partial charge in [-0.15, -0.1) is 0 Å². The third-order valence-electron chi connectivity index (χ3n) is 8.42. The van der Waals surface area contributed by atoms with Gasteiger partial charge in [0.1, 0.15) is 24.2 Å². The Kier molecular flexibility index (Phi) is 9.81. The topological polar surface area (TPSA) is 214 Å². The summed E-state index contributed by atoms with van der Waals surface area (Å²) in [6, 6.07) is -3.63. The molecule has 4 aliphatic heterocycles. The third-order valence-corrected chi connectivity index (χ3v) is 8.42. The van der Waals surface area contributed by atoms with Crippen LogP contribution in [0.25, 0.3) is 0 Å². The molecule has 0 saturated carbocycles. The molecule has 41 heavy (non-hydrogen) atoms. The van der Waals surface area contributed by atoms with Crippen molar-refractivity contribution in [2.24, 2.45) is 5.73 Å². The van der Waals surface area contributed by atoms with E-state index in [1.165, 1.54) is 14.7 Å². The minimum atomic E-state index is -1.21. The fourth-order valence-electron chi connectivity index (χ4n) is 6.45. The predicted octanol–water partition coefficient (Wildman–Crippen LogP) is -3.17. The number of aliphatic hydroxyl groups excluding tert-OH is 2. The molecule has 0 aliphatic carbocycles. The van der Waals surface area contributed by atoms with E-state index in [-0.39, 0.29) is 63.7 Å². The normalized spacial score (nSPS) is 29.7. The molecule has 6 atom stereocenters. The lowest BCUT2D eigenvalue weighted by molar-refractivity contribution is -0.151. The highest BCUT2D eigenvalue weighted by Crippen LogP contribution is 2.27. The van der Waals surface area contributed by atoms with Crippen molar-refractivity contribution in [2.75, 3.05) is 39.3 Å². The van der Waals surface area contributed by atoms with Crippen LogP contribution in [-0.4, -0.2) is 146 Å². The minimum absolute atomic E-state index is 0.0319. The Hall–Kier alpha value is -3.30. The summed E-state index contributed by atoms with van der Waals surface area (Å²) >= 11 is 0. The molecule has 4 heterocycles. The fourth-order valence-corrected chi connectivity index (χ4v) is 6.45. The molecule has 4 fully saturated rings. The molecule has 0 bridgehead atoms. The largest absolute Gasteiger partial charge is 0.480 e. The molecule has 228 valence electrons. The van der Waals surface area contributed by atoms with E-state index in [0.717, 1.165) is 4.90 Å². The maximum Gasteiger partial charge on any atom is 0.326 e. The molecular formula is C26H40N6O9. The maximum absolute atomic E-state index is 13.3. The highest BCUT2D eigenvalue weighted by molar-refractivity contribution is 5.94. The third kappa shape index (κ3) is 6.62. The van der Waals surface area contributed by atoms with Crippen LogP contribution < -0.4 is 11.1 Å². The molecule has 4 rings (SSSR count). The number of hydrogen-bond acceptors (Lipinski definition) is 9. The predicted molar refractivity (Wildman–Crippen MR) is 141 cm³/mol. The van der Waals surface area contributed by atoms with Crippen LogP contribution in [0.2, 0.25) is 0 Å². The van der Waals surface area contributed by atoms with Gasteiger partial charge in [0.15, 0.2) is 0 Å². The van der Waals surface area contributed by atoms with Gasteiger partial charge < -0.3 is 46.0 Å². The summed E-state index contributed by atoms with van der Waals surface area (Å²) < 4.78 is 0. The highest BCUT2D eigenvalue weighted by Gasteiger charge is 2.46. The summed E-state index contributed by atoms with van der Waals surface area (Å²) in [5.74, 6) is -3.24. The summed E-state index contributed by atoms with van der Waals surface area (Å²) in [7, 11) is 0. The van der Waals surface area contributed by atoms with E-state index < -0.39 is 60.1 Å². The van der Waals surface area contributed by atoms with Crippen LogP contribution in [0, 0.1) is 0 Å². The molecule has 6 N–H and O–H groups in total. The Labute approximate surface area is 237 Å². The second-order valence-corrected chi connectivity index (χ2v) is 11.2. The van der Waals surface area contributed by atoms with Crippen LogP contribution in [-0.2, 0) is 28.8 Å². The van der Waals surface area contributed by atoms with Crippen molar-refractivity contribution >= 4 is 35.5 Å². The van der Waals surface area contributed by atoms with Crippen LogP contribution in [0.1, 0.15) is 51.4 Å². The Morgan fingerprint density at radius 3 is 1.71 bits per heavy atom. The molecule has 0 unspecified atom stereocenters. The zero-order chi connectivity index (χ0) is 29.8. The zero-order valence-electron chi connectivity index (χ0n) is 23.0. The van der Waals surface area contributed by atoms with Crippen molar-refractivity contribution < 1.29 is 44.1 Å². The van der Waals surface area contributed by atoms with Gasteiger partial charge in [0, 0.05) is 65.0 Å². The molecular weight excluding hydrogens is 540 g/mol. The number of amides is 5. The summed E-state index contributed by atoms with van der Waals surface area (Å²) in [6.45, 7) is 0.709. The molecule has 0 aromatic carbocycles. The first-order chi connectivity index (χ1) is 19.5. The van der Waals surface area contributed by atoms with Crippen molar-refractivity contribution in [3.63, 3.8) is 0 Å². The van der Waals surface area contributed by atoms with E-state index in [9.17, 15) is 44.1 Å². The van der Waals surface area contributed by atoms with Crippen LogP contribution in [0.15, 0.2) is 0 Å². The van der Waals surface area contributed by atoms with Crippen LogP contribution in [0.5, 0.6) is 0 Å². The number of carboxylic acids is 1. The van der Waals surface area contributed by atoms with Gasteiger partial charge in [-0.1, -0.05) is 0 Å². The second kappa shape index (κ2) is 13.1. The lowest BCUT2D eigenvalue weighted by atomic mass is 10.1. The Morgan fingerprint density at radius 2 is 1.20 bits per heavy atom. The first-order valence-electron chi connectivity index (χ1n) is 14.3. The number of aliphatic hydroxyl groups is 2. The lowest BCUT2D eigenvalue weighted by Gasteiger charge is -2.31. The monoisotopic (exact) mass is 580 g/mol. The second-order valence-electron chi connectivity index (χ2n) is 11.2. The number of nitrogens with two attached hydrogens (primary N) is 1. The van der Waals surface area contributed by atoms with Gasteiger partial charge >= 0.3 is 5.97 Å². The van der Waals surface area contributed by atoms with E-state index in [1.807, 2.05) is 0 Å². The summed E-state index contributed by atoms with van der Waals surface area (Å²) in [5, 5.41) is 32.2. The maximum atomic E-state index is 13.3. The van der Waals surface area contributed by atoms with Gasteiger partial charge in [0.05, 0.1) is 12.2 Å². The number of carboxylic acid groups (broad SMARTS) is 1. The van der Waals surface area contributed by atoms with E-state index >= 15 is 0 Å². The van der Waals surface area contributed by atoms with Crippen LogP contribution in [0.3, 0.4) is 0 Å². The number of nitrogens with zero attached hydrogens (tertiary/aromatic N) is 4. The molecule has 0 aromatic rings. The van der Waals surface area contributed by atoms with Gasteiger partial charge in [-0.3, -0.25) is 24.0 Å². The number of β-amino-alcohol motifs (C(OH)–C–C–N with tert-alkyl or cyclic N) is 2. The summed E-state index contributed by atoms with van der Waals surface area (Å²) in [5.41, 5.74) is 5.50. The Morgan fingerprint density at radius 1 is 0.707 bits per heavy atom. The Balaban J connectivity index is 1.31. The van der Waals surface area contributed by atoms with Crippen molar-refractivity contribution in [1.82, 2.24) is 24.9 Å². The number of carbonyl (C=O) groups excluding carboxylic acids is 5. The fraction of sp³-hybridized carbons (Fsp3) is 0.769. The molecule has 5 amide bonds. The number of aliphatic carboxylic acids is 1. The molecule has 15 nitrogen and oxygen atoms in total. The van der Waals surface area contributed by atoms with E-state index in [1.54, 1.807) is 0 Å². The number of carbonyl (C=O) groups is 6. The lowest BCUT2D eigenvalue weighted by Crippen LogP contribution is -2.53. The van der Waals surface area contributed by atoms with E-state index in [2.05, 4.69) is 5.32 Å². The van der Waals surface area contributed by atoms with Gasteiger partial charge in [0.2, 0.25) is 29.5 Å². The Bertz CT molecular complexity index is 1060. The van der Waals surface area contributed by atoms with Crippen molar-refractivity contribution in [2.45, 2.75) is 87.7 Å². The standard InChI is InChI=1S/C26H40N6O9/c27-7-5-21(35)29-9-1-3-17(29)24(38)31-13-15(33)11-19(31)23(37)28-8-6-22(36)30-10-2-4-18(30)25(39)32-14-16(34)12-20(32)26(40)41/h15-20,33-34H,1-14,27H2,(H,28,37)(H,40,41)/t15-,16-,17+,18+,19+,20+/m1/s1. The average molecular weight is 581 g/mol. The number of nitrogens with one attached hydrogen (secondary N) is 1. The molecule has 4 saturated heterocycles. The zero-order valence-corrected chi connectivity index (χ0v) is 23.0. The van der Waals surface area contributed by atoms with Gasteiger partial charge in [-0.2, -0.15) is 0 Å². The minimum Gasteiger partial charge on any atom is -0.480 e. The summed E-state index contributed by atoms with van der Waals surface area (Å²) in [6.07, 6.45) is 0.175. The van der Waals surface area contributed by atoms with Crippen molar-refractivity contribution in [3.8, 4) is 0 Å². The SMILES string of the molecule is NCCC(=O)N1CCC[C@H]1C(=O)N1C[C@H](O)C[C@H]1C(=O)NCCC(=O)N1CCC[C@H]1C(=O)N1C[C@H](O)C[C@H]1C(=O)O. The number of rotatable bonds is 9. The van der Waals surface area contributed by atoms with Crippen LogP contribution >= 0.6 is 0 Å². The number of hydrogen-bond donors (Lipinski definition) is 5. The van der Waals surface area contributed by atoms with Crippen LogP contribution in [0.4, 0.5) is 0 Å². The van der Waals surface area contributed by atoms with Gasteiger partial charge in [-0.25, -0.2) is 4.79 Å². The average Bonchev–Trinajstić information content (AvgIpc) is 3.73. The molecule has 0 spiro atoms. The van der Waals surface area contributed by atoms with Crippen molar-refractivity contribution in [3.05, 3.63) is 0 Å². The first-order valence-corrected chi connectivity index (χ1v) is 14.3.